The van der Waals surface area contributed by atoms with Crippen molar-refractivity contribution in [2.75, 3.05) is 0 Å². The van der Waals surface area contributed by atoms with Gasteiger partial charge >= 0.3 is 0 Å². The van der Waals surface area contributed by atoms with E-state index in [-0.39, 0.29) is 0 Å². The molecule has 0 atom stereocenters. The van der Waals surface area contributed by atoms with E-state index >= 15 is 0 Å². The zero-order chi connectivity index (χ0) is 10.1. The van der Waals surface area contributed by atoms with Gasteiger partial charge in [0, 0.05) is 17.4 Å². The molecular formula is C11H13BrN2. The van der Waals surface area contributed by atoms with Gasteiger partial charge in [0.15, 0.2) is 0 Å². The first kappa shape index (κ1) is 9.71. The van der Waals surface area contributed by atoms with E-state index < -0.39 is 0 Å². The Morgan fingerprint density at radius 2 is 2.14 bits per heavy atom. The van der Waals surface area contributed by atoms with Crippen LogP contribution in [0.25, 0.3) is 11.0 Å². The molecule has 14 heavy (non-hydrogen) atoms. The third kappa shape index (κ3) is 1.46. The molecule has 0 radical (unpaired) electrons. The average molecular weight is 253 g/mol. The van der Waals surface area contributed by atoms with Crippen LogP contribution in [0.4, 0.5) is 0 Å². The van der Waals surface area contributed by atoms with E-state index in [2.05, 4.69) is 57.5 Å². The van der Waals surface area contributed by atoms with Crippen molar-refractivity contribution in [2.45, 2.75) is 26.8 Å². The topological polar surface area (TPSA) is 17.8 Å². The van der Waals surface area contributed by atoms with Crippen molar-refractivity contribution >= 4 is 27.0 Å². The van der Waals surface area contributed by atoms with E-state index in [1.165, 1.54) is 11.3 Å². The van der Waals surface area contributed by atoms with Crippen molar-refractivity contribution in [3.63, 3.8) is 0 Å². The normalized spacial score (nSPS) is 11.1. The second-order valence-corrected chi connectivity index (χ2v) is 4.17. The summed E-state index contributed by atoms with van der Waals surface area (Å²) in [7, 11) is 0. The molecule has 0 bridgehead atoms. The lowest BCUT2D eigenvalue weighted by Gasteiger charge is -2.02. The zero-order valence-corrected chi connectivity index (χ0v) is 10.0. The number of fused-ring (bicyclic) bond motifs is 1. The van der Waals surface area contributed by atoms with Gasteiger partial charge in [-0.2, -0.15) is 0 Å². The third-order valence-corrected chi connectivity index (χ3v) is 2.92. The quantitative estimate of drug-likeness (QED) is 0.802. The SMILES string of the molecule is CCc1nc2cc(Br)ccc2n1CC. The van der Waals surface area contributed by atoms with E-state index in [9.17, 15) is 0 Å². The molecule has 0 aliphatic rings. The Hall–Kier alpha value is -0.830. The molecule has 2 nitrogen and oxygen atoms in total. The van der Waals surface area contributed by atoms with Crippen molar-refractivity contribution < 1.29 is 0 Å². The van der Waals surface area contributed by atoms with E-state index in [1.54, 1.807) is 0 Å². The molecule has 0 aliphatic heterocycles. The summed E-state index contributed by atoms with van der Waals surface area (Å²) in [5.74, 6) is 1.17. The lowest BCUT2D eigenvalue weighted by Crippen LogP contribution is -1.99. The Kier molecular flexibility index (Phi) is 2.59. The summed E-state index contributed by atoms with van der Waals surface area (Å²) in [6.07, 6.45) is 0.986. The summed E-state index contributed by atoms with van der Waals surface area (Å²) in [5, 5.41) is 0. The number of aryl methyl sites for hydroxylation is 2. The first-order chi connectivity index (χ1) is 6.76. The third-order valence-electron chi connectivity index (χ3n) is 2.42. The van der Waals surface area contributed by atoms with Crippen LogP contribution in [-0.2, 0) is 13.0 Å². The van der Waals surface area contributed by atoms with Gasteiger partial charge in [0.05, 0.1) is 11.0 Å². The molecule has 1 aromatic heterocycles. The fourth-order valence-corrected chi connectivity index (χ4v) is 2.12. The van der Waals surface area contributed by atoms with Gasteiger partial charge in [-0.3, -0.25) is 0 Å². The maximum atomic E-state index is 4.60. The minimum Gasteiger partial charge on any atom is -0.328 e. The Bertz CT molecular complexity index is 460. The van der Waals surface area contributed by atoms with Gasteiger partial charge in [-0.1, -0.05) is 22.9 Å². The molecule has 0 aliphatic carbocycles. The molecule has 0 unspecified atom stereocenters. The van der Waals surface area contributed by atoms with Crippen LogP contribution in [0.2, 0.25) is 0 Å². The van der Waals surface area contributed by atoms with Crippen molar-refractivity contribution in [3.05, 3.63) is 28.5 Å². The van der Waals surface area contributed by atoms with Gasteiger partial charge in [0.1, 0.15) is 5.82 Å². The van der Waals surface area contributed by atoms with Crippen molar-refractivity contribution in [1.29, 1.82) is 0 Å². The van der Waals surface area contributed by atoms with Crippen LogP contribution < -0.4 is 0 Å². The molecule has 0 saturated carbocycles. The predicted octanol–water partition coefficient (Wildman–Crippen LogP) is 3.38. The molecule has 74 valence electrons. The summed E-state index contributed by atoms with van der Waals surface area (Å²) in [6.45, 7) is 5.28. The van der Waals surface area contributed by atoms with Gasteiger partial charge < -0.3 is 4.57 Å². The van der Waals surface area contributed by atoms with E-state index in [4.69, 9.17) is 0 Å². The minimum absolute atomic E-state index is 0.986. The lowest BCUT2D eigenvalue weighted by molar-refractivity contribution is 0.726. The number of imidazole rings is 1. The standard InChI is InChI=1S/C11H13BrN2/c1-3-11-13-9-7-8(12)5-6-10(9)14(11)4-2/h5-7H,3-4H2,1-2H3. The first-order valence-corrected chi connectivity index (χ1v) is 5.70. The summed E-state index contributed by atoms with van der Waals surface area (Å²) in [6, 6.07) is 6.26. The second kappa shape index (κ2) is 3.73. The number of benzene rings is 1. The Labute approximate surface area is 92.1 Å². The van der Waals surface area contributed by atoms with E-state index in [1.807, 2.05) is 0 Å². The molecule has 3 heteroatoms. The predicted molar refractivity (Wildman–Crippen MR) is 62.5 cm³/mol. The highest BCUT2D eigenvalue weighted by atomic mass is 79.9. The van der Waals surface area contributed by atoms with Crippen LogP contribution in [0.1, 0.15) is 19.7 Å². The molecule has 0 saturated heterocycles. The molecule has 2 rings (SSSR count). The van der Waals surface area contributed by atoms with Crippen LogP contribution in [0.15, 0.2) is 22.7 Å². The largest absolute Gasteiger partial charge is 0.328 e. The van der Waals surface area contributed by atoms with Crippen LogP contribution >= 0.6 is 15.9 Å². The Morgan fingerprint density at radius 1 is 1.36 bits per heavy atom. The van der Waals surface area contributed by atoms with Gasteiger partial charge in [0.2, 0.25) is 0 Å². The fraction of sp³-hybridized carbons (Fsp3) is 0.364. The van der Waals surface area contributed by atoms with Crippen LogP contribution in [0.3, 0.4) is 0 Å². The molecule has 0 fully saturated rings. The van der Waals surface area contributed by atoms with Gasteiger partial charge in [-0.05, 0) is 25.1 Å². The van der Waals surface area contributed by atoms with Gasteiger partial charge in [-0.25, -0.2) is 4.98 Å². The zero-order valence-electron chi connectivity index (χ0n) is 8.42. The average Bonchev–Trinajstić information content (AvgIpc) is 2.54. The summed E-state index contributed by atoms with van der Waals surface area (Å²) in [4.78, 5) is 4.60. The number of halogens is 1. The maximum Gasteiger partial charge on any atom is 0.109 e. The smallest absolute Gasteiger partial charge is 0.109 e. The number of rotatable bonds is 2. The van der Waals surface area contributed by atoms with Crippen LogP contribution in [0, 0.1) is 0 Å². The van der Waals surface area contributed by atoms with Crippen molar-refractivity contribution in [1.82, 2.24) is 9.55 Å². The highest BCUT2D eigenvalue weighted by molar-refractivity contribution is 9.10. The number of hydrogen-bond donors (Lipinski definition) is 0. The fourth-order valence-electron chi connectivity index (χ4n) is 1.78. The maximum absolute atomic E-state index is 4.60. The first-order valence-electron chi connectivity index (χ1n) is 4.91. The van der Waals surface area contributed by atoms with E-state index in [0.29, 0.717) is 0 Å². The molecule has 1 heterocycles. The molecule has 1 aromatic carbocycles. The highest BCUT2D eigenvalue weighted by Gasteiger charge is 2.07. The Morgan fingerprint density at radius 3 is 2.79 bits per heavy atom. The molecule has 0 spiro atoms. The van der Waals surface area contributed by atoms with Crippen LogP contribution in [0.5, 0.6) is 0 Å². The van der Waals surface area contributed by atoms with Gasteiger partial charge in [-0.15, -0.1) is 0 Å². The lowest BCUT2D eigenvalue weighted by atomic mass is 10.3. The van der Waals surface area contributed by atoms with Gasteiger partial charge in [0.25, 0.3) is 0 Å². The summed E-state index contributed by atoms with van der Waals surface area (Å²) in [5.41, 5.74) is 2.31. The molecule has 2 aromatic rings. The summed E-state index contributed by atoms with van der Waals surface area (Å²) < 4.78 is 3.36. The Balaban J connectivity index is 2.73. The monoisotopic (exact) mass is 252 g/mol. The number of aromatic nitrogens is 2. The van der Waals surface area contributed by atoms with Crippen molar-refractivity contribution in [2.24, 2.45) is 0 Å². The number of hydrogen-bond acceptors (Lipinski definition) is 1. The van der Waals surface area contributed by atoms with E-state index in [0.717, 1.165) is 23.0 Å². The minimum atomic E-state index is 0.986. The second-order valence-electron chi connectivity index (χ2n) is 3.26. The number of nitrogens with zero attached hydrogens (tertiary/aromatic N) is 2. The molecular weight excluding hydrogens is 240 g/mol. The summed E-state index contributed by atoms with van der Waals surface area (Å²) >= 11 is 3.46. The molecule has 0 N–H and O–H groups in total. The highest BCUT2D eigenvalue weighted by Crippen LogP contribution is 2.21. The molecule has 0 amide bonds. The van der Waals surface area contributed by atoms with Crippen LogP contribution in [-0.4, -0.2) is 9.55 Å². The van der Waals surface area contributed by atoms with Crippen molar-refractivity contribution in [3.8, 4) is 0 Å².